The van der Waals surface area contributed by atoms with Gasteiger partial charge in [0.1, 0.15) is 8.07 Å². The Balaban J connectivity index is 1.27. The lowest BCUT2D eigenvalue weighted by atomic mass is 9.76. The van der Waals surface area contributed by atoms with E-state index in [1.165, 1.54) is 110 Å². The van der Waals surface area contributed by atoms with Crippen molar-refractivity contribution in [3.05, 3.63) is 24.3 Å². The number of piperidine rings is 4. The molecule has 5 fully saturated rings. The number of allylic oxidation sites excluding steroid dienone is 1. The van der Waals surface area contributed by atoms with Gasteiger partial charge in [0, 0.05) is 54.8 Å². The highest BCUT2D eigenvalue weighted by Crippen LogP contribution is 2.39. The maximum absolute atomic E-state index is 6.78. The Morgan fingerprint density at radius 3 is 1.92 bits per heavy atom. The number of hydrogen-bond acceptors (Lipinski definition) is 6. The molecule has 7 heteroatoms. The van der Waals surface area contributed by atoms with Gasteiger partial charge >= 0.3 is 0 Å². The van der Waals surface area contributed by atoms with E-state index in [1.807, 2.05) is 7.11 Å². The topological polar surface area (TPSA) is 66.6 Å². The first kappa shape index (κ1) is 38.7. The molecule has 5 rings (SSSR count). The zero-order chi connectivity index (χ0) is 33.8. The van der Waals surface area contributed by atoms with E-state index < -0.39 is 8.07 Å². The second-order valence-corrected chi connectivity index (χ2v) is 21.5. The summed E-state index contributed by atoms with van der Waals surface area (Å²) in [4.78, 5) is 0. The second-order valence-electron chi connectivity index (χ2n) is 16.7. The van der Waals surface area contributed by atoms with Crippen LogP contribution in [-0.4, -0.2) is 82.8 Å². The van der Waals surface area contributed by atoms with Crippen molar-refractivity contribution < 1.29 is 9.47 Å². The Hall–Kier alpha value is -0.543. The molecule has 5 aliphatic rings. The molecule has 11 atom stereocenters. The number of hydrogen-bond donors (Lipinski definition) is 4. The molecule has 0 spiro atoms. The summed E-state index contributed by atoms with van der Waals surface area (Å²) >= 11 is 0. The smallest absolute Gasteiger partial charge is 0.126 e. The van der Waals surface area contributed by atoms with Crippen molar-refractivity contribution in [2.45, 2.75) is 165 Å². The van der Waals surface area contributed by atoms with Crippen molar-refractivity contribution in [3.63, 3.8) is 0 Å². The first-order chi connectivity index (χ1) is 23.5. The van der Waals surface area contributed by atoms with Crippen molar-refractivity contribution in [1.82, 2.24) is 21.3 Å². The van der Waals surface area contributed by atoms with Crippen LogP contribution in [0.2, 0.25) is 0 Å². The van der Waals surface area contributed by atoms with Gasteiger partial charge in [-0.05, 0) is 115 Å². The van der Waals surface area contributed by atoms with Crippen LogP contribution >= 0.6 is 0 Å². The second kappa shape index (κ2) is 19.9. The van der Waals surface area contributed by atoms with Gasteiger partial charge in [0.25, 0.3) is 0 Å². The van der Waals surface area contributed by atoms with Gasteiger partial charge in [-0.1, -0.05) is 77.2 Å². The molecule has 6 nitrogen and oxygen atoms in total. The molecule has 1 aliphatic carbocycles. The molecular formula is C41H76N4O2Si. The number of rotatable bonds is 15. The predicted octanol–water partition coefficient (Wildman–Crippen LogP) is 7.41. The summed E-state index contributed by atoms with van der Waals surface area (Å²) in [6.45, 7) is 14.9. The molecule has 11 unspecified atom stereocenters. The molecule has 0 radical (unpaired) electrons. The van der Waals surface area contributed by atoms with Crippen LogP contribution in [0.4, 0.5) is 0 Å². The van der Waals surface area contributed by atoms with Crippen LogP contribution < -0.4 is 21.3 Å². The van der Waals surface area contributed by atoms with Gasteiger partial charge in [-0.3, -0.25) is 0 Å². The van der Waals surface area contributed by atoms with Crippen LogP contribution in [0.5, 0.6) is 0 Å². The van der Waals surface area contributed by atoms with Gasteiger partial charge in [0.2, 0.25) is 0 Å². The van der Waals surface area contributed by atoms with E-state index in [-0.39, 0.29) is 12.2 Å². The third kappa shape index (κ3) is 9.66. The van der Waals surface area contributed by atoms with Crippen molar-refractivity contribution >= 4 is 8.07 Å². The minimum Gasteiger partial charge on any atom is -0.381 e. The normalized spacial score (nSPS) is 39.0. The monoisotopic (exact) mass is 685 g/mol. The minimum absolute atomic E-state index is 0.267. The molecular weight excluding hydrogens is 609 g/mol. The summed E-state index contributed by atoms with van der Waals surface area (Å²) in [6, 6.07) is 0. The molecule has 0 aromatic heterocycles. The molecule has 0 amide bonds. The standard InChI is InChI=1S/C41H76N4O2Si/c1-6-9-15-32(8-3)30-47-37-27-35(36(46-5)26-34(37)14-7-2)21-19-33-20-23-41(45-29-33)48(38-16-10-12-24-42-38,39-17-11-13-25-43-39)40-22-18-31(4)28-44-40/h7,14,19,21,31-45H,6,8-13,15-18,20,22-30H2,1-5H3. The highest BCUT2D eigenvalue weighted by Gasteiger charge is 2.58. The Kier molecular flexibility index (Phi) is 16.0. The lowest BCUT2D eigenvalue weighted by molar-refractivity contribution is -0.0683. The Morgan fingerprint density at radius 2 is 1.38 bits per heavy atom. The summed E-state index contributed by atoms with van der Waals surface area (Å²) in [7, 11) is 0.0334. The number of nitrogens with one attached hydrogen (secondary N) is 4. The summed E-state index contributed by atoms with van der Waals surface area (Å²) < 4.78 is 12.9. The van der Waals surface area contributed by atoms with Gasteiger partial charge in [-0.2, -0.15) is 0 Å². The average Bonchev–Trinajstić information content (AvgIpc) is 3.14. The first-order valence-corrected chi connectivity index (χ1v) is 23.2. The third-order valence-corrected chi connectivity index (χ3v) is 20.4. The van der Waals surface area contributed by atoms with Crippen LogP contribution in [0.15, 0.2) is 24.3 Å². The average molecular weight is 685 g/mol. The summed E-state index contributed by atoms with van der Waals surface area (Å²) in [5.74, 6) is 2.97. The molecule has 4 heterocycles. The quantitative estimate of drug-likeness (QED) is 0.107. The maximum Gasteiger partial charge on any atom is 0.126 e. The molecule has 4 saturated heterocycles. The van der Waals surface area contributed by atoms with Crippen LogP contribution in [-0.2, 0) is 9.47 Å². The van der Waals surface area contributed by atoms with Crippen molar-refractivity contribution in [3.8, 4) is 0 Å². The number of methoxy groups -OCH3 is 1. The van der Waals surface area contributed by atoms with Gasteiger partial charge in [-0.15, -0.1) is 0 Å². The van der Waals surface area contributed by atoms with Crippen LogP contribution in [0.25, 0.3) is 0 Å². The molecule has 0 aromatic rings. The van der Waals surface area contributed by atoms with Crippen molar-refractivity contribution in [1.29, 1.82) is 0 Å². The van der Waals surface area contributed by atoms with Crippen molar-refractivity contribution in [2.75, 3.05) is 39.9 Å². The van der Waals surface area contributed by atoms with E-state index in [9.17, 15) is 0 Å². The van der Waals surface area contributed by atoms with Crippen LogP contribution in [0.3, 0.4) is 0 Å². The van der Waals surface area contributed by atoms with E-state index >= 15 is 0 Å². The summed E-state index contributed by atoms with van der Waals surface area (Å²) in [5.41, 5.74) is 2.83. The molecule has 48 heavy (non-hydrogen) atoms. The van der Waals surface area contributed by atoms with E-state index in [1.54, 1.807) is 0 Å². The molecule has 4 N–H and O–H groups in total. The third-order valence-electron chi connectivity index (χ3n) is 13.6. The van der Waals surface area contributed by atoms with Crippen molar-refractivity contribution in [2.24, 2.45) is 29.6 Å². The molecule has 0 aromatic carbocycles. The Bertz CT molecular complexity index is 932. The van der Waals surface area contributed by atoms with E-state index in [0.29, 0.717) is 35.0 Å². The van der Waals surface area contributed by atoms with E-state index in [2.05, 4.69) is 73.3 Å². The Morgan fingerprint density at radius 1 is 0.729 bits per heavy atom. The number of ether oxygens (including phenoxy) is 2. The highest BCUT2D eigenvalue weighted by atomic mass is 28.3. The summed E-state index contributed by atoms with van der Waals surface area (Å²) in [5, 5.41) is 17.0. The fourth-order valence-corrected chi connectivity index (χ4v) is 18.3. The molecule has 4 aliphatic heterocycles. The van der Waals surface area contributed by atoms with Crippen LogP contribution in [0.1, 0.15) is 130 Å². The predicted molar refractivity (Wildman–Crippen MR) is 206 cm³/mol. The van der Waals surface area contributed by atoms with Gasteiger partial charge in [-0.25, -0.2) is 0 Å². The fraction of sp³-hybridized carbons (Fsp3) is 0.902. The summed E-state index contributed by atoms with van der Waals surface area (Å²) in [6.07, 6.45) is 31.2. The SMILES string of the molecule is CC=CC1CC(OC)C(C=CC2CCC([Si](C3CCCCN3)(C3CCCCN3)C3CCC(C)CN3)NC2)CC1OCC(CC)CCCC. The fourth-order valence-electron chi connectivity index (χ4n) is 10.7. The van der Waals surface area contributed by atoms with E-state index in [0.717, 1.165) is 43.2 Å². The van der Waals surface area contributed by atoms with Gasteiger partial charge in [0.05, 0.1) is 12.2 Å². The number of unbranched alkanes of at least 4 members (excludes halogenated alkanes) is 1. The van der Waals surface area contributed by atoms with Gasteiger partial charge in [0.15, 0.2) is 0 Å². The maximum atomic E-state index is 6.78. The minimum atomic E-state index is -1.89. The largest absolute Gasteiger partial charge is 0.381 e. The highest BCUT2D eigenvalue weighted by molar-refractivity contribution is 6.85. The molecule has 276 valence electrons. The zero-order valence-corrected chi connectivity index (χ0v) is 32.8. The first-order valence-electron chi connectivity index (χ1n) is 20.9. The van der Waals surface area contributed by atoms with Crippen LogP contribution in [0, 0.1) is 29.6 Å². The van der Waals surface area contributed by atoms with Gasteiger partial charge < -0.3 is 30.7 Å². The Labute approximate surface area is 297 Å². The zero-order valence-electron chi connectivity index (χ0n) is 31.8. The van der Waals surface area contributed by atoms with E-state index in [4.69, 9.17) is 9.47 Å². The lowest BCUT2D eigenvalue weighted by Gasteiger charge is -2.58. The lowest BCUT2D eigenvalue weighted by Crippen LogP contribution is -2.84. The molecule has 0 bridgehead atoms. The molecule has 1 saturated carbocycles.